The van der Waals surface area contributed by atoms with Gasteiger partial charge in [-0.1, -0.05) is 55.8 Å². The Morgan fingerprint density at radius 3 is 2.05 bits per heavy atom. The van der Waals surface area contributed by atoms with Crippen molar-refractivity contribution in [1.29, 1.82) is 0 Å². The fraction of sp³-hybridized carbons (Fsp3) is 0.294. The Morgan fingerprint density at radius 1 is 0.950 bits per heavy atom. The molecule has 0 bridgehead atoms. The predicted octanol–water partition coefficient (Wildman–Crippen LogP) is 4.55. The summed E-state index contributed by atoms with van der Waals surface area (Å²) in [6.45, 7) is 4.30. The first-order valence-electron chi connectivity index (χ1n) is 6.64. The van der Waals surface area contributed by atoms with E-state index < -0.39 is 6.10 Å². The van der Waals surface area contributed by atoms with Crippen molar-refractivity contribution in [1.82, 2.24) is 0 Å². The van der Waals surface area contributed by atoms with Crippen molar-refractivity contribution < 1.29 is 9.84 Å². The van der Waals surface area contributed by atoms with Crippen LogP contribution in [-0.4, -0.2) is 12.2 Å². The van der Waals surface area contributed by atoms with Gasteiger partial charge in [0.05, 0.1) is 12.1 Å². The van der Waals surface area contributed by atoms with E-state index in [2.05, 4.69) is 26.0 Å². The largest absolute Gasteiger partial charge is 0.495 e. The Labute approximate surface area is 125 Å². The van der Waals surface area contributed by atoms with E-state index in [4.69, 9.17) is 16.3 Å². The SMILES string of the molecule is COc1cc(C(O)c2ccc(C(C)C)cc2)ccc1Cl. The van der Waals surface area contributed by atoms with Crippen molar-refractivity contribution >= 4 is 11.6 Å². The maximum absolute atomic E-state index is 10.4. The molecule has 0 amide bonds. The normalized spacial score (nSPS) is 12.5. The summed E-state index contributed by atoms with van der Waals surface area (Å²) < 4.78 is 5.18. The molecule has 0 spiro atoms. The minimum atomic E-state index is -0.678. The maximum atomic E-state index is 10.4. The zero-order valence-electron chi connectivity index (χ0n) is 11.9. The molecule has 0 saturated heterocycles. The number of ether oxygens (including phenoxy) is 1. The highest BCUT2D eigenvalue weighted by molar-refractivity contribution is 6.32. The first-order chi connectivity index (χ1) is 9.52. The topological polar surface area (TPSA) is 29.5 Å². The molecule has 0 heterocycles. The smallest absolute Gasteiger partial charge is 0.137 e. The Bertz CT molecular complexity index is 576. The molecule has 0 aliphatic rings. The molecule has 0 saturated carbocycles. The average molecular weight is 291 g/mol. The quantitative estimate of drug-likeness (QED) is 0.895. The van der Waals surface area contributed by atoms with Gasteiger partial charge in [-0.15, -0.1) is 0 Å². The summed E-state index contributed by atoms with van der Waals surface area (Å²) >= 11 is 6.00. The van der Waals surface area contributed by atoms with Gasteiger partial charge in [0.2, 0.25) is 0 Å². The second kappa shape index (κ2) is 6.29. The summed E-state index contributed by atoms with van der Waals surface area (Å²) in [6, 6.07) is 13.3. The number of rotatable bonds is 4. The fourth-order valence-electron chi connectivity index (χ4n) is 2.10. The molecule has 0 aromatic heterocycles. The van der Waals surface area contributed by atoms with Crippen molar-refractivity contribution in [2.24, 2.45) is 0 Å². The van der Waals surface area contributed by atoms with Crippen molar-refractivity contribution in [3.63, 3.8) is 0 Å². The van der Waals surface area contributed by atoms with E-state index in [1.165, 1.54) is 5.56 Å². The number of hydrogen-bond acceptors (Lipinski definition) is 2. The van der Waals surface area contributed by atoms with Crippen LogP contribution < -0.4 is 4.74 Å². The van der Waals surface area contributed by atoms with Gasteiger partial charge in [-0.3, -0.25) is 0 Å². The third-order valence-electron chi connectivity index (χ3n) is 3.41. The van der Waals surface area contributed by atoms with Gasteiger partial charge >= 0.3 is 0 Å². The van der Waals surface area contributed by atoms with Gasteiger partial charge in [0.1, 0.15) is 11.9 Å². The van der Waals surface area contributed by atoms with E-state index >= 15 is 0 Å². The molecule has 0 radical (unpaired) electrons. The number of methoxy groups -OCH3 is 1. The molecule has 2 rings (SSSR count). The monoisotopic (exact) mass is 290 g/mol. The van der Waals surface area contributed by atoms with Gasteiger partial charge in [0, 0.05) is 0 Å². The molecular formula is C17H19ClO2. The molecule has 3 heteroatoms. The average Bonchev–Trinajstić information content (AvgIpc) is 2.47. The number of hydrogen-bond donors (Lipinski definition) is 1. The van der Waals surface area contributed by atoms with E-state index in [-0.39, 0.29) is 0 Å². The molecule has 2 aromatic carbocycles. The fourth-order valence-corrected chi connectivity index (χ4v) is 2.30. The van der Waals surface area contributed by atoms with E-state index in [1.807, 2.05) is 18.2 Å². The molecule has 106 valence electrons. The number of halogens is 1. The van der Waals surface area contributed by atoms with Crippen LogP contribution in [0.1, 0.15) is 42.6 Å². The van der Waals surface area contributed by atoms with Crippen LogP contribution in [0.15, 0.2) is 42.5 Å². The van der Waals surface area contributed by atoms with Crippen molar-refractivity contribution in [3.8, 4) is 5.75 Å². The Hall–Kier alpha value is -1.51. The zero-order valence-corrected chi connectivity index (χ0v) is 12.7. The lowest BCUT2D eigenvalue weighted by Gasteiger charge is -2.14. The number of aliphatic hydroxyl groups excluding tert-OH is 1. The van der Waals surface area contributed by atoms with Crippen LogP contribution in [0.3, 0.4) is 0 Å². The van der Waals surface area contributed by atoms with Gasteiger partial charge in [-0.25, -0.2) is 0 Å². The Kier molecular flexibility index (Phi) is 4.69. The summed E-state index contributed by atoms with van der Waals surface area (Å²) in [6.07, 6.45) is -0.678. The van der Waals surface area contributed by atoms with Crippen LogP contribution in [0.2, 0.25) is 5.02 Å². The molecule has 0 fully saturated rings. The van der Waals surface area contributed by atoms with Gasteiger partial charge in [0.15, 0.2) is 0 Å². The first kappa shape index (κ1) is 14.9. The standard InChI is InChI=1S/C17H19ClO2/c1-11(2)12-4-6-13(7-5-12)17(19)14-8-9-15(18)16(10-14)20-3/h4-11,17,19H,1-3H3. The Balaban J connectivity index is 2.28. The minimum Gasteiger partial charge on any atom is -0.495 e. The molecule has 1 atom stereocenters. The molecule has 0 aliphatic heterocycles. The van der Waals surface area contributed by atoms with Crippen LogP contribution in [-0.2, 0) is 0 Å². The maximum Gasteiger partial charge on any atom is 0.137 e. The molecule has 0 aliphatic carbocycles. The zero-order chi connectivity index (χ0) is 14.7. The van der Waals surface area contributed by atoms with Gasteiger partial charge < -0.3 is 9.84 Å². The molecule has 1 N–H and O–H groups in total. The second-order valence-electron chi connectivity index (χ2n) is 5.12. The number of aliphatic hydroxyl groups is 1. The van der Waals surface area contributed by atoms with E-state index in [0.717, 1.165) is 11.1 Å². The summed E-state index contributed by atoms with van der Waals surface area (Å²) in [5.41, 5.74) is 2.89. The van der Waals surface area contributed by atoms with Gasteiger partial charge in [-0.05, 0) is 34.7 Å². The predicted molar refractivity (Wildman–Crippen MR) is 82.6 cm³/mol. The molecule has 20 heavy (non-hydrogen) atoms. The third-order valence-corrected chi connectivity index (χ3v) is 3.72. The summed E-state index contributed by atoms with van der Waals surface area (Å²) in [4.78, 5) is 0. The van der Waals surface area contributed by atoms with E-state index in [1.54, 1.807) is 19.2 Å². The lowest BCUT2D eigenvalue weighted by atomic mass is 9.97. The van der Waals surface area contributed by atoms with Gasteiger partial charge in [0.25, 0.3) is 0 Å². The van der Waals surface area contributed by atoms with E-state index in [9.17, 15) is 5.11 Å². The van der Waals surface area contributed by atoms with Gasteiger partial charge in [-0.2, -0.15) is 0 Å². The summed E-state index contributed by atoms with van der Waals surface area (Å²) in [5, 5.41) is 11.0. The van der Waals surface area contributed by atoms with Crippen LogP contribution >= 0.6 is 11.6 Å². The molecule has 2 nitrogen and oxygen atoms in total. The lowest BCUT2D eigenvalue weighted by molar-refractivity contribution is 0.219. The van der Waals surface area contributed by atoms with Crippen LogP contribution in [0.4, 0.5) is 0 Å². The van der Waals surface area contributed by atoms with Crippen molar-refractivity contribution in [3.05, 3.63) is 64.2 Å². The molecular weight excluding hydrogens is 272 g/mol. The third kappa shape index (κ3) is 3.14. The second-order valence-corrected chi connectivity index (χ2v) is 5.53. The highest BCUT2D eigenvalue weighted by atomic mass is 35.5. The first-order valence-corrected chi connectivity index (χ1v) is 7.02. The van der Waals surface area contributed by atoms with Crippen LogP contribution in [0, 0.1) is 0 Å². The summed E-state index contributed by atoms with van der Waals surface area (Å²) in [7, 11) is 1.56. The Morgan fingerprint density at radius 2 is 1.50 bits per heavy atom. The minimum absolute atomic E-state index is 0.483. The molecule has 1 unspecified atom stereocenters. The van der Waals surface area contributed by atoms with Crippen LogP contribution in [0.5, 0.6) is 5.75 Å². The lowest BCUT2D eigenvalue weighted by Crippen LogP contribution is -2.01. The van der Waals surface area contributed by atoms with E-state index in [0.29, 0.717) is 16.7 Å². The van der Waals surface area contributed by atoms with Crippen molar-refractivity contribution in [2.45, 2.75) is 25.9 Å². The highest BCUT2D eigenvalue weighted by Crippen LogP contribution is 2.30. The molecule has 2 aromatic rings. The summed E-state index contributed by atoms with van der Waals surface area (Å²) in [5.74, 6) is 1.05. The van der Waals surface area contributed by atoms with Crippen LogP contribution in [0.25, 0.3) is 0 Å². The number of benzene rings is 2. The highest BCUT2D eigenvalue weighted by Gasteiger charge is 2.13. The van der Waals surface area contributed by atoms with Crippen molar-refractivity contribution in [2.75, 3.05) is 7.11 Å².